The Hall–Kier alpha value is -7.11. The maximum Gasteiger partial charge on any atom is 0.263 e. The summed E-state index contributed by atoms with van der Waals surface area (Å²) in [5.74, 6) is 0.547. The molecule has 0 spiro atoms. The molecule has 0 aliphatic rings. The van der Waals surface area contributed by atoms with Gasteiger partial charge in [0.15, 0.2) is 0 Å². The zero-order valence-electron chi connectivity index (χ0n) is 27.9. The second-order valence-corrected chi connectivity index (χ2v) is 13.3. The van der Waals surface area contributed by atoms with Gasteiger partial charge in [0.2, 0.25) is 5.95 Å². The number of fused-ring (bicyclic) bond motifs is 12. The highest BCUT2D eigenvalue weighted by Crippen LogP contribution is 2.42. The summed E-state index contributed by atoms with van der Waals surface area (Å²) in [7, 11) is 0. The van der Waals surface area contributed by atoms with E-state index >= 15 is 4.79 Å². The molecule has 0 saturated carbocycles. The fourth-order valence-corrected chi connectivity index (χ4v) is 8.26. The lowest BCUT2D eigenvalue weighted by atomic mass is 9.97. The fourth-order valence-electron chi connectivity index (χ4n) is 8.26. The first-order chi connectivity index (χ1) is 25.7. The van der Waals surface area contributed by atoms with Crippen molar-refractivity contribution in [2.75, 3.05) is 0 Å². The van der Waals surface area contributed by atoms with Gasteiger partial charge >= 0.3 is 0 Å². The Bertz CT molecular complexity index is 3310. The van der Waals surface area contributed by atoms with E-state index in [1.165, 1.54) is 0 Å². The number of rotatable bonds is 3. The van der Waals surface area contributed by atoms with E-state index in [0.29, 0.717) is 11.3 Å². The summed E-state index contributed by atoms with van der Waals surface area (Å²) in [6.45, 7) is 0. The molecule has 0 unspecified atom stereocenters. The van der Waals surface area contributed by atoms with E-state index in [1.807, 2.05) is 89.5 Å². The maximum atomic E-state index is 15.0. The van der Waals surface area contributed by atoms with Crippen LogP contribution in [0.2, 0.25) is 0 Å². The number of hydrogen-bond acceptors (Lipinski definition) is 3. The van der Waals surface area contributed by atoms with Gasteiger partial charge in [-0.3, -0.25) is 13.9 Å². The predicted molar refractivity (Wildman–Crippen MR) is 215 cm³/mol. The van der Waals surface area contributed by atoms with Crippen LogP contribution in [-0.4, -0.2) is 19.1 Å². The summed E-state index contributed by atoms with van der Waals surface area (Å²) >= 11 is 0. The van der Waals surface area contributed by atoms with Gasteiger partial charge in [-0.05, 0) is 51.9 Å². The summed E-state index contributed by atoms with van der Waals surface area (Å²) in [6.07, 6.45) is 0. The first-order valence-corrected chi connectivity index (χ1v) is 17.5. The van der Waals surface area contributed by atoms with Crippen molar-refractivity contribution in [3.8, 4) is 22.9 Å². The second-order valence-electron chi connectivity index (χ2n) is 13.3. The lowest BCUT2D eigenvalue weighted by molar-refractivity contribution is 1.00. The molecule has 8 aromatic carbocycles. The van der Waals surface area contributed by atoms with Crippen molar-refractivity contribution in [1.29, 1.82) is 0 Å². The Kier molecular flexibility index (Phi) is 6.04. The molecule has 5 nitrogen and oxygen atoms in total. The first-order valence-electron chi connectivity index (χ1n) is 17.5. The van der Waals surface area contributed by atoms with Crippen molar-refractivity contribution >= 4 is 75.9 Å². The minimum atomic E-state index is -0.0713. The monoisotopic (exact) mass is 664 g/mol. The molecular formula is C47H28N4O. The van der Waals surface area contributed by atoms with Crippen LogP contribution < -0.4 is 5.56 Å². The third kappa shape index (κ3) is 4.02. The van der Waals surface area contributed by atoms with Gasteiger partial charge in [-0.2, -0.15) is 0 Å². The van der Waals surface area contributed by atoms with Crippen molar-refractivity contribution in [3.63, 3.8) is 0 Å². The van der Waals surface area contributed by atoms with Gasteiger partial charge in [0, 0.05) is 43.6 Å². The van der Waals surface area contributed by atoms with Crippen LogP contribution >= 0.6 is 0 Å². The number of nitrogens with zero attached hydrogens (tertiary/aromatic N) is 4. The summed E-state index contributed by atoms with van der Waals surface area (Å²) in [4.78, 5) is 25.7. The van der Waals surface area contributed by atoms with Gasteiger partial charge in [-0.25, -0.2) is 9.97 Å². The molecule has 0 radical (unpaired) electrons. The molecule has 0 atom stereocenters. The SMILES string of the molecule is O=c1c2ccc3ccccc3c2c2ccc3c4c5ccccc5ccc4n(-c4nc(-c5ccccc5)c5ccccc5n4)c3c2n1-c1ccccc1. The van der Waals surface area contributed by atoms with E-state index in [9.17, 15) is 0 Å². The molecule has 3 heterocycles. The van der Waals surface area contributed by atoms with E-state index in [2.05, 4.69) is 89.5 Å². The minimum absolute atomic E-state index is 0.0713. The van der Waals surface area contributed by atoms with Crippen LogP contribution in [0.25, 0.3) is 98.8 Å². The molecule has 5 heteroatoms. The van der Waals surface area contributed by atoms with E-state index in [0.717, 1.165) is 87.5 Å². The molecule has 3 aromatic heterocycles. The quantitative estimate of drug-likeness (QED) is 0.177. The van der Waals surface area contributed by atoms with Gasteiger partial charge in [0.1, 0.15) is 0 Å². The molecule has 0 saturated heterocycles. The third-order valence-corrected chi connectivity index (χ3v) is 10.5. The van der Waals surface area contributed by atoms with Gasteiger partial charge in [0.25, 0.3) is 5.56 Å². The topological polar surface area (TPSA) is 52.7 Å². The fraction of sp³-hybridized carbons (Fsp3) is 0. The van der Waals surface area contributed by atoms with Crippen molar-refractivity contribution in [2.24, 2.45) is 0 Å². The number of aromatic nitrogens is 4. The third-order valence-electron chi connectivity index (χ3n) is 10.5. The highest BCUT2D eigenvalue weighted by Gasteiger charge is 2.24. The number of hydrogen-bond donors (Lipinski definition) is 0. The molecule has 0 N–H and O–H groups in total. The van der Waals surface area contributed by atoms with Crippen LogP contribution in [0.5, 0.6) is 0 Å². The summed E-state index contributed by atoms with van der Waals surface area (Å²) in [5, 5.41) is 10.1. The highest BCUT2D eigenvalue weighted by molar-refractivity contribution is 6.29. The summed E-state index contributed by atoms with van der Waals surface area (Å²) in [6, 6.07) is 58.1. The zero-order valence-corrected chi connectivity index (χ0v) is 27.9. The molecule has 11 rings (SSSR count). The second kappa shape index (κ2) is 10.9. The lowest BCUT2D eigenvalue weighted by Gasteiger charge is -2.18. The molecule has 0 fully saturated rings. The van der Waals surface area contributed by atoms with E-state index in [4.69, 9.17) is 9.97 Å². The van der Waals surface area contributed by atoms with Crippen LogP contribution in [0.1, 0.15) is 0 Å². The van der Waals surface area contributed by atoms with Crippen LogP contribution in [0.3, 0.4) is 0 Å². The Morgan fingerprint density at radius 2 is 0.962 bits per heavy atom. The normalized spacial score (nSPS) is 11.9. The van der Waals surface area contributed by atoms with Crippen molar-refractivity contribution in [1.82, 2.24) is 19.1 Å². The Morgan fingerprint density at radius 1 is 0.404 bits per heavy atom. The minimum Gasteiger partial charge on any atom is -0.276 e. The van der Waals surface area contributed by atoms with E-state index in [1.54, 1.807) is 0 Å². The Balaban J connectivity index is 1.43. The maximum absolute atomic E-state index is 15.0. The predicted octanol–water partition coefficient (Wildman–Crippen LogP) is 11.2. The van der Waals surface area contributed by atoms with Crippen molar-refractivity contribution in [2.45, 2.75) is 0 Å². The molecule has 242 valence electrons. The molecule has 0 aliphatic heterocycles. The number of para-hydroxylation sites is 2. The van der Waals surface area contributed by atoms with E-state index in [-0.39, 0.29) is 5.56 Å². The smallest absolute Gasteiger partial charge is 0.263 e. The molecule has 0 amide bonds. The number of pyridine rings is 1. The molecule has 11 aromatic rings. The van der Waals surface area contributed by atoms with Crippen LogP contribution in [0.15, 0.2) is 175 Å². The average molecular weight is 665 g/mol. The van der Waals surface area contributed by atoms with Crippen LogP contribution in [-0.2, 0) is 0 Å². The first kappa shape index (κ1) is 28.7. The van der Waals surface area contributed by atoms with Crippen LogP contribution in [0.4, 0.5) is 0 Å². The van der Waals surface area contributed by atoms with Gasteiger partial charge < -0.3 is 0 Å². The Morgan fingerprint density at radius 3 is 1.71 bits per heavy atom. The number of benzene rings is 8. The Labute approximate surface area is 297 Å². The lowest BCUT2D eigenvalue weighted by Crippen LogP contribution is -2.20. The van der Waals surface area contributed by atoms with Crippen molar-refractivity contribution < 1.29 is 0 Å². The standard InChI is InChI=1S/C47H28N4O/c52-46-38-25-23-29-13-7-9-19-33(29)41(38)36-26-27-37-42-34-20-10-8-14-30(34)24-28-40(42)51(45(37)44(36)50(46)32-17-5-2-6-18-32)47-48-39-22-12-11-21-35(39)43(49-47)31-15-3-1-4-16-31/h1-28H. The average Bonchev–Trinajstić information content (AvgIpc) is 3.56. The van der Waals surface area contributed by atoms with Crippen molar-refractivity contribution in [3.05, 3.63) is 180 Å². The van der Waals surface area contributed by atoms with Gasteiger partial charge in [0.05, 0.1) is 27.8 Å². The zero-order chi connectivity index (χ0) is 34.3. The molecular weight excluding hydrogens is 637 g/mol. The van der Waals surface area contributed by atoms with Crippen LogP contribution in [0, 0.1) is 0 Å². The molecule has 0 aliphatic carbocycles. The van der Waals surface area contributed by atoms with Gasteiger partial charge in [-0.1, -0.05) is 140 Å². The van der Waals surface area contributed by atoms with Gasteiger partial charge in [-0.15, -0.1) is 0 Å². The molecule has 0 bridgehead atoms. The highest BCUT2D eigenvalue weighted by atomic mass is 16.1. The van der Waals surface area contributed by atoms with E-state index < -0.39 is 0 Å². The summed E-state index contributed by atoms with van der Waals surface area (Å²) in [5.41, 5.74) is 6.11. The summed E-state index contributed by atoms with van der Waals surface area (Å²) < 4.78 is 4.08. The largest absolute Gasteiger partial charge is 0.276 e. The molecule has 52 heavy (non-hydrogen) atoms.